The molecule has 2 aliphatic rings. The fraction of sp³-hybridized carbons (Fsp3) is 0.875. The van der Waals surface area contributed by atoms with Crippen LogP contribution < -0.4 is 5.32 Å². The summed E-state index contributed by atoms with van der Waals surface area (Å²) in [5.41, 5.74) is 0. The Morgan fingerprint density at radius 3 is 2.75 bits per heavy atom. The normalized spacial score (nSPS) is 38.8. The molecule has 0 amide bonds. The van der Waals surface area contributed by atoms with Crippen LogP contribution in [0.15, 0.2) is 0 Å². The van der Waals surface area contributed by atoms with Crippen LogP contribution in [0.2, 0.25) is 0 Å². The number of hydrogen-bond donors (Lipinski definition) is 2. The first-order valence-electron chi connectivity index (χ1n) is 4.26. The van der Waals surface area contributed by atoms with Crippen molar-refractivity contribution >= 4 is 18.4 Å². The summed E-state index contributed by atoms with van der Waals surface area (Å²) in [5.74, 6) is -0.0319. The number of hydrogen-bond acceptors (Lipinski definition) is 2. The third kappa shape index (κ3) is 1.57. The Bertz CT molecular complexity index is 174. The van der Waals surface area contributed by atoms with E-state index in [1.54, 1.807) is 0 Å². The number of carbonyl (C=O) groups is 1. The molecule has 0 unspecified atom stereocenters. The molecule has 70 valence electrons. The molecule has 0 radical (unpaired) electrons. The van der Waals surface area contributed by atoms with E-state index in [0.717, 1.165) is 6.42 Å². The van der Waals surface area contributed by atoms with E-state index in [1.807, 2.05) is 0 Å². The summed E-state index contributed by atoms with van der Waals surface area (Å²) >= 11 is 0. The van der Waals surface area contributed by atoms with Gasteiger partial charge in [-0.3, -0.25) is 4.79 Å². The molecular weight excluding hydrogens is 178 g/mol. The Kier molecular flexibility index (Phi) is 2.96. The average Bonchev–Trinajstić information content (AvgIpc) is 2.40. The Hall–Kier alpha value is -0.280. The second-order valence-corrected chi connectivity index (χ2v) is 3.59. The van der Waals surface area contributed by atoms with Crippen LogP contribution in [0, 0.1) is 5.92 Å². The summed E-state index contributed by atoms with van der Waals surface area (Å²) in [6, 6.07) is 0.251. The fourth-order valence-electron chi connectivity index (χ4n) is 2.34. The highest BCUT2D eigenvalue weighted by Crippen LogP contribution is 2.34. The lowest BCUT2D eigenvalue weighted by Gasteiger charge is -2.07. The largest absolute Gasteiger partial charge is 0.480 e. The standard InChI is InChI=1S/C8H13NO2.ClH/c10-8(11)7-4-5-2-1-3-6(5)9-7;/h5-7,9H,1-4H2,(H,10,11);1H/t5-,6+,7-;/m0./s1. The van der Waals surface area contributed by atoms with E-state index >= 15 is 0 Å². The molecule has 0 aromatic rings. The summed E-state index contributed by atoms with van der Waals surface area (Å²) in [5, 5.41) is 11.9. The molecule has 1 aliphatic heterocycles. The van der Waals surface area contributed by atoms with Crippen LogP contribution in [-0.4, -0.2) is 23.2 Å². The number of rotatable bonds is 1. The Labute approximate surface area is 77.9 Å². The van der Waals surface area contributed by atoms with Crippen molar-refractivity contribution < 1.29 is 9.90 Å². The van der Waals surface area contributed by atoms with Gasteiger partial charge in [-0.1, -0.05) is 6.42 Å². The monoisotopic (exact) mass is 191 g/mol. The Morgan fingerprint density at radius 1 is 1.42 bits per heavy atom. The molecule has 12 heavy (non-hydrogen) atoms. The highest BCUT2D eigenvalue weighted by molar-refractivity contribution is 5.85. The molecule has 1 saturated heterocycles. The third-order valence-corrected chi connectivity index (χ3v) is 2.91. The fourth-order valence-corrected chi connectivity index (χ4v) is 2.34. The van der Waals surface area contributed by atoms with Crippen molar-refractivity contribution in [3.05, 3.63) is 0 Å². The van der Waals surface area contributed by atoms with E-state index in [4.69, 9.17) is 5.11 Å². The van der Waals surface area contributed by atoms with Gasteiger partial charge in [0.15, 0.2) is 0 Å². The first-order valence-corrected chi connectivity index (χ1v) is 4.26. The number of nitrogens with one attached hydrogen (secondary N) is 1. The zero-order valence-electron chi connectivity index (χ0n) is 6.82. The summed E-state index contributed by atoms with van der Waals surface area (Å²) in [6.07, 6.45) is 4.52. The molecule has 2 rings (SSSR count). The average molecular weight is 192 g/mol. The minimum absolute atomic E-state index is 0. The zero-order valence-corrected chi connectivity index (χ0v) is 7.64. The summed E-state index contributed by atoms with van der Waals surface area (Å²) in [4.78, 5) is 10.6. The van der Waals surface area contributed by atoms with Crippen LogP contribution in [0.4, 0.5) is 0 Å². The molecular formula is C8H14ClNO2. The number of aliphatic carboxylic acids is 1. The molecule has 1 aliphatic carbocycles. The van der Waals surface area contributed by atoms with Crippen molar-refractivity contribution in [1.82, 2.24) is 5.32 Å². The molecule has 3 nitrogen and oxygen atoms in total. The second kappa shape index (κ2) is 3.62. The second-order valence-electron chi connectivity index (χ2n) is 3.59. The van der Waals surface area contributed by atoms with E-state index in [2.05, 4.69) is 5.32 Å². The van der Waals surface area contributed by atoms with Gasteiger partial charge in [-0.15, -0.1) is 12.4 Å². The van der Waals surface area contributed by atoms with Gasteiger partial charge in [0.05, 0.1) is 0 Å². The molecule has 4 heteroatoms. The third-order valence-electron chi connectivity index (χ3n) is 2.91. The van der Waals surface area contributed by atoms with E-state index < -0.39 is 5.97 Å². The number of carboxylic acid groups (broad SMARTS) is 1. The minimum Gasteiger partial charge on any atom is -0.480 e. The lowest BCUT2D eigenvalue weighted by Crippen LogP contribution is -2.34. The molecule has 0 aromatic heterocycles. The molecule has 1 heterocycles. The van der Waals surface area contributed by atoms with Crippen LogP contribution in [-0.2, 0) is 4.79 Å². The zero-order chi connectivity index (χ0) is 7.84. The van der Waals surface area contributed by atoms with Crippen LogP contribution in [0.3, 0.4) is 0 Å². The Morgan fingerprint density at radius 2 is 2.17 bits per heavy atom. The summed E-state index contributed by atoms with van der Waals surface area (Å²) in [6.45, 7) is 0. The van der Waals surface area contributed by atoms with E-state index in [1.165, 1.54) is 19.3 Å². The van der Waals surface area contributed by atoms with Gasteiger partial charge in [0.25, 0.3) is 0 Å². The van der Waals surface area contributed by atoms with Gasteiger partial charge in [-0.25, -0.2) is 0 Å². The quantitative estimate of drug-likeness (QED) is 0.651. The van der Waals surface area contributed by atoms with Crippen LogP contribution in [0.5, 0.6) is 0 Å². The van der Waals surface area contributed by atoms with Crippen LogP contribution >= 0.6 is 12.4 Å². The van der Waals surface area contributed by atoms with Gasteiger partial charge >= 0.3 is 5.97 Å². The molecule has 3 atom stereocenters. The smallest absolute Gasteiger partial charge is 0.320 e. The van der Waals surface area contributed by atoms with Gasteiger partial charge in [-0.05, 0) is 25.2 Å². The molecule has 0 aromatic carbocycles. The topological polar surface area (TPSA) is 49.3 Å². The molecule has 1 saturated carbocycles. The van der Waals surface area contributed by atoms with Gasteiger partial charge in [0.1, 0.15) is 6.04 Å². The van der Waals surface area contributed by atoms with E-state index in [9.17, 15) is 4.79 Å². The molecule has 0 spiro atoms. The summed E-state index contributed by atoms with van der Waals surface area (Å²) < 4.78 is 0. The highest BCUT2D eigenvalue weighted by Gasteiger charge is 2.39. The SMILES string of the molecule is Cl.O=C(O)[C@@H]1C[C@@H]2CCC[C@H]2N1. The maximum atomic E-state index is 10.6. The van der Waals surface area contributed by atoms with Gasteiger partial charge < -0.3 is 10.4 Å². The predicted molar refractivity (Wildman–Crippen MR) is 47.6 cm³/mol. The molecule has 2 fully saturated rings. The van der Waals surface area contributed by atoms with Gasteiger partial charge in [0.2, 0.25) is 0 Å². The number of halogens is 1. The van der Waals surface area contributed by atoms with Crippen molar-refractivity contribution in [2.24, 2.45) is 5.92 Å². The Balaban J connectivity index is 0.000000720. The molecule has 0 bridgehead atoms. The van der Waals surface area contributed by atoms with E-state index in [-0.39, 0.29) is 18.4 Å². The first-order chi connectivity index (χ1) is 5.27. The van der Waals surface area contributed by atoms with Gasteiger partial charge in [0, 0.05) is 6.04 Å². The van der Waals surface area contributed by atoms with E-state index in [0.29, 0.717) is 12.0 Å². The lowest BCUT2D eigenvalue weighted by molar-refractivity contribution is -0.139. The van der Waals surface area contributed by atoms with Crippen LogP contribution in [0.1, 0.15) is 25.7 Å². The van der Waals surface area contributed by atoms with Crippen molar-refractivity contribution in [3.8, 4) is 0 Å². The minimum atomic E-state index is -0.681. The highest BCUT2D eigenvalue weighted by atomic mass is 35.5. The van der Waals surface area contributed by atoms with Crippen molar-refractivity contribution in [3.63, 3.8) is 0 Å². The van der Waals surface area contributed by atoms with Gasteiger partial charge in [-0.2, -0.15) is 0 Å². The maximum absolute atomic E-state index is 10.6. The van der Waals surface area contributed by atoms with Crippen molar-refractivity contribution in [2.75, 3.05) is 0 Å². The van der Waals surface area contributed by atoms with Crippen LogP contribution in [0.25, 0.3) is 0 Å². The van der Waals surface area contributed by atoms with Crippen molar-refractivity contribution in [1.29, 1.82) is 0 Å². The summed E-state index contributed by atoms with van der Waals surface area (Å²) in [7, 11) is 0. The maximum Gasteiger partial charge on any atom is 0.320 e. The van der Waals surface area contributed by atoms with Crippen molar-refractivity contribution in [2.45, 2.75) is 37.8 Å². The number of fused-ring (bicyclic) bond motifs is 1. The first kappa shape index (κ1) is 9.81. The lowest BCUT2D eigenvalue weighted by atomic mass is 10.0. The predicted octanol–water partition coefficient (Wildman–Crippen LogP) is 1.02. The number of carboxylic acids is 1. The molecule has 2 N–H and O–H groups in total.